The molecule has 2 nitrogen and oxygen atoms in total. The normalized spacial score (nSPS) is 12.1. The third kappa shape index (κ3) is 4.10. The predicted octanol–water partition coefficient (Wildman–Crippen LogP) is 4.22. The molecule has 0 amide bonds. The van der Waals surface area contributed by atoms with E-state index in [9.17, 15) is 9.90 Å². The molecule has 2 rings (SSSR count). The van der Waals surface area contributed by atoms with Crippen LogP contribution in [0.15, 0.2) is 54.6 Å². The number of aliphatic carboxylic acids is 1. The smallest absolute Gasteiger partial charge is 0.306 e. The van der Waals surface area contributed by atoms with Crippen molar-refractivity contribution in [2.45, 2.75) is 19.3 Å². The van der Waals surface area contributed by atoms with Crippen molar-refractivity contribution in [2.75, 3.05) is 0 Å². The van der Waals surface area contributed by atoms with Gasteiger partial charge in [0.05, 0.1) is 5.92 Å². The molecule has 0 spiro atoms. The lowest BCUT2D eigenvalue weighted by molar-refractivity contribution is -0.141. The van der Waals surface area contributed by atoms with E-state index >= 15 is 0 Å². The van der Waals surface area contributed by atoms with Crippen molar-refractivity contribution in [1.29, 1.82) is 0 Å². The fourth-order valence-electron chi connectivity index (χ4n) is 2.23. The third-order valence-corrected chi connectivity index (χ3v) is 3.77. The van der Waals surface area contributed by atoms with E-state index in [-0.39, 0.29) is 0 Å². The van der Waals surface area contributed by atoms with E-state index in [1.807, 2.05) is 48.5 Å². The Bertz CT molecular complexity index is 566. The maximum atomic E-state index is 11.4. The highest BCUT2D eigenvalue weighted by atomic mass is 35.5. The molecule has 0 fully saturated rings. The lowest BCUT2D eigenvalue weighted by Crippen LogP contribution is -2.17. The second kappa shape index (κ2) is 7.11. The Morgan fingerprint density at radius 3 is 2.35 bits per heavy atom. The Kier molecular flexibility index (Phi) is 5.19. The van der Waals surface area contributed by atoms with Crippen LogP contribution in [0, 0.1) is 5.92 Å². The van der Waals surface area contributed by atoms with Crippen LogP contribution in [0.5, 0.6) is 0 Å². The van der Waals surface area contributed by atoms with Crippen LogP contribution in [0.4, 0.5) is 0 Å². The average molecular weight is 289 g/mol. The molecule has 2 aromatic rings. The summed E-state index contributed by atoms with van der Waals surface area (Å²) in [6.07, 6.45) is 1.86. The predicted molar refractivity (Wildman–Crippen MR) is 81.0 cm³/mol. The molecule has 104 valence electrons. The number of hydrogen-bond donors (Lipinski definition) is 1. The van der Waals surface area contributed by atoms with Crippen molar-refractivity contribution in [2.24, 2.45) is 5.92 Å². The van der Waals surface area contributed by atoms with Crippen LogP contribution in [0.2, 0.25) is 5.02 Å². The number of rotatable bonds is 6. The van der Waals surface area contributed by atoms with Gasteiger partial charge in [-0.15, -0.1) is 0 Å². The largest absolute Gasteiger partial charge is 0.481 e. The van der Waals surface area contributed by atoms with Gasteiger partial charge in [0.15, 0.2) is 0 Å². The quantitative estimate of drug-likeness (QED) is 0.864. The van der Waals surface area contributed by atoms with Crippen molar-refractivity contribution in [3.05, 3.63) is 70.7 Å². The van der Waals surface area contributed by atoms with Crippen LogP contribution in [-0.4, -0.2) is 11.1 Å². The standard InChI is InChI=1S/C17H17ClO2/c18-16-9-5-4-8-14(16)12-15(17(19)20)11-10-13-6-2-1-3-7-13/h1-9,15H,10-12H2,(H,19,20). The maximum absolute atomic E-state index is 11.4. The first-order valence-electron chi connectivity index (χ1n) is 6.67. The SMILES string of the molecule is O=C(O)C(CCc1ccccc1)Cc1ccccc1Cl. The zero-order valence-corrected chi connectivity index (χ0v) is 11.9. The summed E-state index contributed by atoms with van der Waals surface area (Å²) in [7, 11) is 0. The van der Waals surface area contributed by atoms with Gasteiger partial charge in [0.1, 0.15) is 0 Å². The minimum Gasteiger partial charge on any atom is -0.481 e. The minimum atomic E-state index is -0.763. The third-order valence-electron chi connectivity index (χ3n) is 3.40. The molecule has 0 aromatic heterocycles. The summed E-state index contributed by atoms with van der Waals surface area (Å²) >= 11 is 6.10. The van der Waals surface area contributed by atoms with E-state index in [1.165, 1.54) is 0 Å². The first-order valence-corrected chi connectivity index (χ1v) is 7.04. The number of carboxylic acids is 1. The van der Waals surface area contributed by atoms with Crippen molar-refractivity contribution < 1.29 is 9.90 Å². The number of carbonyl (C=O) groups is 1. The molecule has 0 radical (unpaired) electrons. The topological polar surface area (TPSA) is 37.3 Å². The van der Waals surface area contributed by atoms with Crippen LogP contribution in [-0.2, 0) is 17.6 Å². The summed E-state index contributed by atoms with van der Waals surface area (Å²) in [5, 5.41) is 10.00. The summed E-state index contributed by atoms with van der Waals surface area (Å²) in [6, 6.07) is 17.4. The van der Waals surface area contributed by atoms with Gasteiger partial charge < -0.3 is 5.11 Å². The Labute approximate surface area is 124 Å². The number of aryl methyl sites for hydroxylation is 1. The molecular weight excluding hydrogens is 272 g/mol. The summed E-state index contributed by atoms with van der Waals surface area (Å²) in [5.74, 6) is -1.17. The molecule has 20 heavy (non-hydrogen) atoms. The summed E-state index contributed by atoms with van der Waals surface area (Å²) < 4.78 is 0. The monoisotopic (exact) mass is 288 g/mol. The highest BCUT2D eigenvalue weighted by molar-refractivity contribution is 6.31. The van der Waals surface area contributed by atoms with Gasteiger partial charge in [-0.25, -0.2) is 0 Å². The fraction of sp³-hybridized carbons (Fsp3) is 0.235. The van der Waals surface area contributed by atoms with Gasteiger partial charge in [0.25, 0.3) is 0 Å². The fourth-order valence-corrected chi connectivity index (χ4v) is 2.44. The molecule has 1 N–H and O–H groups in total. The van der Waals surface area contributed by atoms with E-state index in [1.54, 1.807) is 6.07 Å². The molecule has 0 heterocycles. The molecule has 0 saturated carbocycles. The highest BCUT2D eigenvalue weighted by Crippen LogP contribution is 2.21. The molecular formula is C17H17ClO2. The molecule has 3 heteroatoms. The van der Waals surface area contributed by atoms with Gasteiger partial charge in [-0.1, -0.05) is 60.1 Å². The van der Waals surface area contributed by atoms with Gasteiger partial charge >= 0.3 is 5.97 Å². The van der Waals surface area contributed by atoms with Crippen molar-refractivity contribution in [3.63, 3.8) is 0 Å². The van der Waals surface area contributed by atoms with Crippen LogP contribution in [0.3, 0.4) is 0 Å². The van der Waals surface area contributed by atoms with Crippen LogP contribution in [0.25, 0.3) is 0 Å². The first kappa shape index (κ1) is 14.6. The molecule has 1 unspecified atom stereocenters. The lowest BCUT2D eigenvalue weighted by Gasteiger charge is -2.13. The number of hydrogen-bond acceptors (Lipinski definition) is 1. The van der Waals surface area contributed by atoms with Crippen molar-refractivity contribution in [3.8, 4) is 0 Å². The average Bonchev–Trinajstić information content (AvgIpc) is 2.46. The molecule has 0 aliphatic rings. The Balaban J connectivity index is 2.01. The van der Waals surface area contributed by atoms with Gasteiger partial charge in [-0.05, 0) is 36.5 Å². The van der Waals surface area contributed by atoms with E-state index in [0.29, 0.717) is 17.9 Å². The van der Waals surface area contributed by atoms with Crippen molar-refractivity contribution >= 4 is 17.6 Å². The zero-order valence-electron chi connectivity index (χ0n) is 11.1. The molecule has 0 saturated heterocycles. The zero-order chi connectivity index (χ0) is 14.4. The summed E-state index contributed by atoms with van der Waals surface area (Å²) in [5.41, 5.74) is 2.06. The lowest BCUT2D eigenvalue weighted by atomic mass is 9.93. The molecule has 0 aliphatic heterocycles. The molecule has 2 aromatic carbocycles. The second-order valence-corrected chi connectivity index (χ2v) is 5.26. The number of carboxylic acid groups (broad SMARTS) is 1. The first-order chi connectivity index (χ1) is 9.66. The molecule has 1 atom stereocenters. The van der Waals surface area contributed by atoms with E-state index in [2.05, 4.69) is 0 Å². The van der Waals surface area contributed by atoms with E-state index in [4.69, 9.17) is 11.6 Å². The number of halogens is 1. The second-order valence-electron chi connectivity index (χ2n) is 4.85. The maximum Gasteiger partial charge on any atom is 0.306 e. The van der Waals surface area contributed by atoms with Crippen LogP contribution >= 0.6 is 11.6 Å². The van der Waals surface area contributed by atoms with E-state index < -0.39 is 11.9 Å². The van der Waals surface area contributed by atoms with Gasteiger partial charge in [0, 0.05) is 5.02 Å². The van der Waals surface area contributed by atoms with Gasteiger partial charge in [-0.2, -0.15) is 0 Å². The Morgan fingerprint density at radius 1 is 1.05 bits per heavy atom. The van der Waals surface area contributed by atoms with Gasteiger partial charge in [0.2, 0.25) is 0 Å². The summed E-state index contributed by atoms with van der Waals surface area (Å²) in [6.45, 7) is 0. The van der Waals surface area contributed by atoms with Gasteiger partial charge in [-0.3, -0.25) is 4.79 Å². The van der Waals surface area contributed by atoms with E-state index in [0.717, 1.165) is 17.5 Å². The highest BCUT2D eigenvalue weighted by Gasteiger charge is 2.19. The van der Waals surface area contributed by atoms with Crippen LogP contribution in [0.1, 0.15) is 17.5 Å². The molecule has 0 aliphatic carbocycles. The van der Waals surface area contributed by atoms with Crippen LogP contribution < -0.4 is 0 Å². The molecule has 0 bridgehead atoms. The number of benzene rings is 2. The van der Waals surface area contributed by atoms with Crippen molar-refractivity contribution in [1.82, 2.24) is 0 Å². The minimum absolute atomic E-state index is 0.407. The Hall–Kier alpha value is -1.80. The Morgan fingerprint density at radius 2 is 1.70 bits per heavy atom. The summed E-state index contributed by atoms with van der Waals surface area (Å²) in [4.78, 5) is 11.4.